The highest BCUT2D eigenvalue weighted by atomic mass is 32.2. The molecule has 0 spiro atoms. The Bertz CT molecular complexity index is 757. The van der Waals surface area contributed by atoms with Crippen molar-refractivity contribution in [2.75, 3.05) is 13.2 Å². The second kappa shape index (κ2) is 7.89. The van der Waals surface area contributed by atoms with Crippen molar-refractivity contribution in [2.45, 2.75) is 17.1 Å². The van der Waals surface area contributed by atoms with Crippen molar-refractivity contribution < 1.29 is 18.3 Å². The average molecular weight is 333 g/mol. The number of sulfone groups is 1. The van der Waals surface area contributed by atoms with E-state index in [1.807, 2.05) is 0 Å². The third-order valence-electron chi connectivity index (χ3n) is 3.27. The van der Waals surface area contributed by atoms with Crippen LogP contribution in [-0.4, -0.2) is 32.6 Å². The standard InChI is InChI=1S/C17H19NO4S/c19-11-5-10-18-17(20)15-7-4-6-14(12-15)13-23(21,22)16-8-2-1-3-9-16/h1-4,6-9,12,19H,5,10-11,13H2,(H,18,20). The van der Waals surface area contributed by atoms with E-state index in [2.05, 4.69) is 5.32 Å². The number of aliphatic hydroxyl groups excluding tert-OH is 1. The van der Waals surface area contributed by atoms with E-state index in [1.165, 1.54) is 0 Å². The van der Waals surface area contributed by atoms with Crippen LogP contribution in [0.3, 0.4) is 0 Å². The maximum atomic E-state index is 12.4. The maximum absolute atomic E-state index is 12.4. The Balaban J connectivity index is 2.12. The molecule has 0 fully saturated rings. The Hall–Kier alpha value is -2.18. The Morgan fingerprint density at radius 1 is 1.04 bits per heavy atom. The van der Waals surface area contributed by atoms with Crippen LogP contribution >= 0.6 is 0 Å². The van der Waals surface area contributed by atoms with Crippen molar-refractivity contribution >= 4 is 15.7 Å². The second-order valence-corrected chi connectivity index (χ2v) is 7.10. The van der Waals surface area contributed by atoms with Crippen LogP contribution in [0.5, 0.6) is 0 Å². The van der Waals surface area contributed by atoms with Crippen molar-refractivity contribution in [3.63, 3.8) is 0 Å². The highest BCUT2D eigenvalue weighted by Gasteiger charge is 2.15. The van der Waals surface area contributed by atoms with Crippen LogP contribution in [0.25, 0.3) is 0 Å². The number of carbonyl (C=O) groups excluding carboxylic acids is 1. The molecule has 0 bridgehead atoms. The smallest absolute Gasteiger partial charge is 0.251 e. The molecule has 6 heteroatoms. The van der Waals surface area contributed by atoms with Gasteiger partial charge in [0.25, 0.3) is 5.91 Å². The minimum absolute atomic E-state index is 0.00956. The summed E-state index contributed by atoms with van der Waals surface area (Å²) < 4.78 is 24.7. The summed E-state index contributed by atoms with van der Waals surface area (Å²) in [6.45, 7) is 0.386. The fraction of sp³-hybridized carbons (Fsp3) is 0.235. The van der Waals surface area contributed by atoms with E-state index < -0.39 is 9.84 Å². The van der Waals surface area contributed by atoms with Gasteiger partial charge in [-0.15, -0.1) is 0 Å². The monoisotopic (exact) mass is 333 g/mol. The van der Waals surface area contributed by atoms with Crippen LogP contribution < -0.4 is 5.32 Å². The third-order valence-corrected chi connectivity index (χ3v) is 4.97. The molecule has 1 amide bonds. The van der Waals surface area contributed by atoms with Gasteiger partial charge in [-0.1, -0.05) is 30.3 Å². The molecule has 122 valence electrons. The lowest BCUT2D eigenvalue weighted by Crippen LogP contribution is -2.25. The number of rotatable bonds is 7. The molecule has 5 nitrogen and oxygen atoms in total. The largest absolute Gasteiger partial charge is 0.396 e. The molecule has 23 heavy (non-hydrogen) atoms. The van der Waals surface area contributed by atoms with Crippen LogP contribution in [0, 0.1) is 0 Å². The summed E-state index contributed by atoms with van der Waals surface area (Å²) in [6, 6.07) is 14.8. The first kappa shape index (κ1) is 17.2. The number of carbonyl (C=O) groups is 1. The first-order valence-electron chi connectivity index (χ1n) is 7.29. The predicted molar refractivity (Wildman–Crippen MR) is 87.8 cm³/mol. The van der Waals surface area contributed by atoms with Crippen LogP contribution in [0.1, 0.15) is 22.3 Å². The van der Waals surface area contributed by atoms with Gasteiger partial charge in [0.15, 0.2) is 9.84 Å². The third kappa shape index (κ3) is 4.91. The van der Waals surface area contributed by atoms with Gasteiger partial charge in [0.2, 0.25) is 0 Å². The molecule has 0 unspecified atom stereocenters. The summed E-state index contributed by atoms with van der Waals surface area (Å²) in [5.74, 6) is -0.438. The lowest BCUT2D eigenvalue weighted by Gasteiger charge is -2.08. The number of benzene rings is 2. The molecule has 0 aliphatic heterocycles. The van der Waals surface area contributed by atoms with Gasteiger partial charge in [-0.25, -0.2) is 8.42 Å². The van der Waals surface area contributed by atoms with E-state index in [0.717, 1.165) is 0 Å². The van der Waals surface area contributed by atoms with E-state index >= 15 is 0 Å². The molecule has 0 radical (unpaired) electrons. The van der Waals surface area contributed by atoms with Gasteiger partial charge in [-0.2, -0.15) is 0 Å². The quantitative estimate of drug-likeness (QED) is 0.757. The molecular formula is C17H19NO4S. The molecule has 2 rings (SSSR count). The molecular weight excluding hydrogens is 314 g/mol. The van der Waals surface area contributed by atoms with Gasteiger partial charge in [0.1, 0.15) is 0 Å². The zero-order chi connectivity index (χ0) is 16.7. The second-order valence-electron chi connectivity index (χ2n) is 5.11. The van der Waals surface area contributed by atoms with Gasteiger partial charge >= 0.3 is 0 Å². The Morgan fingerprint density at radius 2 is 1.78 bits per heavy atom. The topological polar surface area (TPSA) is 83.5 Å². The molecule has 0 aliphatic carbocycles. The zero-order valence-electron chi connectivity index (χ0n) is 12.6. The number of hydrogen-bond acceptors (Lipinski definition) is 4. The minimum Gasteiger partial charge on any atom is -0.396 e. The highest BCUT2D eigenvalue weighted by Crippen LogP contribution is 2.17. The van der Waals surface area contributed by atoms with Crippen LogP contribution in [0.2, 0.25) is 0 Å². The Morgan fingerprint density at radius 3 is 2.48 bits per heavy atom. The normalized spacial score (nSPS) is 11.2. The fourth-order valence-corrected chi connectivity index (χ4v) is 3.47. The molecule has 0 atom stereocenters. The molecule has 0 heterocycles. The van der Waals surface area contributed by atoms with Gasteiger partial charge in [0, 0.05) is 18.7 Å². The van der Waals surface area contributed by atoms with Crippen LogP contribution in [-0.2, 0) is 15.6 Å². The number of aliphatic hydroxyl groups is 1. The molecule has 0 saturated carbocycles. The molecule has 2 aromatic rings. The fourth-order valence-electron chi connectivity index (χ4n) is 2.12. The summed E-state index contributed by atoms with van der Waals surface area (Å²) in [5, 5.41) is 11.4. The first-order chi connectivity index (χ1) is 11.0. The van der Waals surface area contributed by atoms with Crippen molar-refractivity contribution in [3.05, 3.63) is 65.7 Å². The molecule has 0 aliphatic rings. The van der Waals surface area contributed by atoms with Crippen molar-refractivity contribution in [2.24, 2.45) is 0 Å². The lowest BCUT2D eigenvalue weighted by atomic mass is 10.1. The summed E-state index contributed by atoms with van der Waals surface area (Å²) in [4.78, 5) is 12.2. The van der Waals surface area contributed by atoms with Gasteiger partial charge in [0.05, 0.1) is 10.6 Å². The van der Waals surface area contributed by atoms with Crippen molar-refractivity contribution in [3.8, 4) is 0 Å². The first-order valence-corrected chi connectivity index (χ1v) is 8.94. The number of nitrogens with one attached hydrogen (secondary N) is 1. The molecule has 0 saturated heterocycles. The maximum Gasteiger partial charge on any atom is 0.251 e. The highest BCUT2D eigenvalue weighted by molar-refractivity contribution is 7.90. The summed E-state index contributed by atoms with van der Waals surface area (Å²) in [5.41, 5.74) is 0.965. The molecule has 2 aromatic carbocycles. The minimum atomic E-state index is -3.44. The SMILES string of the molecule is O=C(NCCCO)c1cccc(CS(=O)(=O)c2ccccc2)c1. The van der Waals surface area contributed by atoms with E-state index in [-0.39, 0.29) is 23.2 Å². The Kier molecular flexibility index (Phi) is 5.90. The molecule has 2 N–H and O–H groups in total. The summed E-state index contributed by atoms with van der Waals surface area (Å²) in [6.07, 6.45) is 0.480. The number of amides is 1. The lowest BCUT2D eigenvalue weighted by molar-refractivity contribution is 0.0951. The van der Waals surface area contributed by atoms with E-state index in [9.17, 15) is 13.2 Å². The van der Waals surface area contributed by atoms with Crippen LogP contribution in [0.15, 0.2) is 59.5 Å². The van der Waals surface area contributed by atoms with Crippen molar-refractivity contribution in [1.82, 2.24) is 5.32 Å². The molecule has 0 aromatic heterocycles. The zero-order valence-corrected chi connectivity index (χ0v) is 13.4. The summed E-state index contributed by atoms with van der Waals surface area (Å²) in [7, 11) is -3.44. The van der Waals surface area contributed by atoms with Crippen molar-refractivity contribution in [1.29, 1.82) is 0 Å². The van der Waals surface area contributed by atoms with Gasteiger partial charge in [-0.3, -0.25) is 4.79 Å². The van der Waals surface area contributed by atoms with E-state index in [1.54, 1.807) is 54.6 Å². The van der Waals surface area contributed by atoms with Crippen LogP contribution in [0.4, 0.5) is 0 Å². The van der Waals surface area contributed by atoms with Gasteiger partial charge in [-0.05, 0) is 36.2 Å². The predicted octanol–water partition coefficient (Wildman–Crippen LogP) is 1.77. The van der Waals surface area contributed by atoms with E-state index in [0.29, 0.717) is 24.1 Å². The average Bonchev–Trinajstić information content (AvgIpc) is 2.55. The van der Waals surface area contributed by atoms with Gasteiger partial charge < -0.3 is 10.4 Å². The summed E-state index contributed by atoms with van der Waals surface area (Å²) >= 11 is 0. The number of hydrogen-bond donors (Lipinski definition) is 2. The Labute approximate surface area is 135 Å². The van der Waals surface area contributed by atoms with E-state index in [4.69, 9.17) is 5.11 Å².